The minimum absolute atomic E-state index is 0.256. The van der Waals surface area contributed by atoms with Crippen LogP contribution in [0.3, 0.4) is 0 Å². The van der Waals surface area contributed by atoms with Gasteiger partial charge in [-0.1, -0.05) is 48.7 Å². The lowest BCUT2D eigenvalue weighted by Gasteiger charge is -2.25. The fourth-order valence-electron chi connectivity index (χ4n) is 2.73. The molecule has 0 spiro atoms. The Morgan fingerprint density at radius 1 is 0.719 bits per heavy atom. The van der Waals surface area contributed by atoms with E-state index >= 15 is 0 Å². The molecule has 0 aromatic heterocycles. The number of thiocarbonyl (C=S) groups is 2. The van der Waals surface area contributed by atoms with Crippen molar-refractivity contribution < 1.29 is 19.8 Å². The van der Waals surface area contributed by atoms with Gasteiger partial charge in [0.05, 0.1) is 11.1 Å². The van der Waals surface area contributed by atoms with Crippen LogP contribution in [0.2, 0.25) is 0 Å². The van der Waals surface area contributed by atoms with E-state index in [1.807, 2.05) is 23.6 Å². The van der Waals surface area contributed by atoms with Crippen LogP contribution in [0.4, 0.5) is 0 Å². The summed E-state index contributed by atoms with van der Waals surface area (Å²) in [7, 11) is 2.85. The quantitative estimate of drug-likeness (QED) is 0.358. The topological polar surface area (TPSA) is 81.1 Å². The van der Waals surface area contributed by atoms with Crippen molar-refractivity contribution in [1.29, 1.82) is 0 Å². The Morgan fingerprint density at radius 2 is 1.03 bits per heavy atom. The summed E-state index contributed by atoms with van der Waals surface area (Å²) in [4.78, 5) is 26.1. The van der Waals surface area contributed by atoms with Gasteiger partial charge in [-0.25, -0.2) is 9.59 Å². The Morgan fingerprint density at radius 3 is 1.28 bits per heavy atom. The van der Waals surface area contributed by atoms with E-state index in [2.05, 4.69) is 0 Å². The number of hydrogen-bond donors (Lipinski definition) is 2. The van der Waals surface area contributed by atoms with Crippen LogP contribution >= 0.6 is 46.0 Å². The number of carboxylic acids is 2. The van der Waals surface area contributed by atoms with Crippen LogP contribution in [0, 0.1) is 0 Å². The van der Waals surface area contributed by atoms with Crippen molar-refractivity contribution >= 4 is 66.6 Å². The molecule has 0 heterocycles. The monoisotopic (exact) mass is 508 g/mol. The second-order valence-corrected chi connectivity index (χ2v) is 10.1. The van der Waals surface area contributed by atoms with Crippen LogP contribution in [-0.4, -0.2) is 53.7 Å². The van der Waals surface area contributed by atoms with E-state index in [0.717, 1.165) is 11.1 Å². The minimum Gasteiger partial charge on any atom is -0.478 e. The second-order valence-electron chi connectivity index (χ2n) is 6.73. The highest BCUT2D eigenvalue weighted by molar-refractivity contribution is 8.89. The molecule has 0 bridgehead atoms. The van der Waals surface area contributed by atoms with Crippen molar-refractivity contribution in [2.45, 2.75) is 26.9 Å². The molecule has 2 N–H and O–H groups in total. The molecule has 0 aliphatic carbocycles. The van der Waals surface area contributed by atoms with E-state index in [1.165, 1.54) is 21.6 Å². The number of carboxylic acid groups (broad SMARTS) is 2. The predicted octanol–water partition coefficient (Wildman–Crippen LogP) is 5.38. The van der Waals surface area contributed by atoms with E-state index in [9.17, 15) is 9.59 Å². The van der Waals surface area contributed by atoms with Gasteiger partial charge in [-0.3, -0.25) is 0 Å². The number of aromatic carboxylic acids is 2. The fraction of sp³-hybridized carbons (Fsp3) is 0.273. The third-order valence-electron chi connectivity index (χ3n) is 4.61. The van der Waals surface area contributed by atoms with E-state index in [-0.39, 0.29) is 11.1 Å². The molecule has 0 aliphatic rings. The average Bonchev–Trinajstić information content (AvgIpc) is 2.79. The van der Waals surface area contributed by atoms with Gasteiger partial charge in [0, 0.05) is 26.2 Å². The summed E-state index contributed by atoms with van der Waals surface area (Å²) in [5, 5.41) is 18.1. The van der Waals surface area contributed by atoms with Gasteiger partial charge in [0.1, 0.15) is 8.64 Å². The standard InChI is InChI=1S/C22H24N2O4S4/c1-3-23(13-15-5-9-17(10-6-15)19(25)26)21(29)31-32-22(30)24(4-2)14-16-7-11-18(12-8-16)20(27)28/h5-12H,3-4,13-14H2,1-2H3,(H,25,26)(H,27,28). The van der Waals surface area contributed by atoms with Crippen LogP contribution < -0.4 is 0 Å². The summed E-state index contributed by atoms with van der Waals surface area (Å²) >= 11 is 11.2. The van der Waals surface area contributed by atoms with Gasteiger partial charge in [-0.15, -0.1) is 0 Å². The summed E-state index contributed by atoms with van der Waals surface area (Å²) in [6, 6.07) is 13.6. The zero-order valence-electron chi connectivity index (χ0n) is 17.7. The summed E-state index contributed by atoms with van der Waals surface area (Å²) in [5.74, 6) is -1.89. The maximum Gasteiger partial charge on any atom is 0.335 e. The van der Waals surface area contributed by atoms with Crippen molar-refractivity contribution in [3.63, 3.8) is 0 Å². The number of rotatable bonds is 8. The summed E-state index contributed by atoms with van der Waals surface area (Å²) in [6.45, 7) is 6.63. The molecule has 0 radical (unpaired) electrons. The predicted molar refractivity (Wildman–Crippen MR) is 139 cm³/mol. The van der Waals surface area contributed by atoms with E-state index in [0.29, 0.717) is 34.8 Å². The lowest BCUT2D eigenvalue weighted by molar-refractivity contribution is 0.0686. The molecule has 0 unspecified atom stereocenters. The Bertz CT molecular complexity index is 885. The van der Waals surface area contributed by atoms with E-state index in [4.69, 9.17) is 34.6 Å². The third kappa shape index (κ3) is 7.77. The lowest BCUT2D eigenvalue weighted by Crippen LogP contribution is -2.28. The molecule has 0 atom stereocenters. The molecule has 32 heavy (non-hydrogen) atoms. The first-order valence-corrected chi connectivity index (χ1v) is 12.8. The molecule has 2 aromatic rings. The van der Waals surface area contributed by atoms with Crippen molar-refractivity contribution in [1.82, 2.24) is 9.80 Å². The van der Waals surface area contributed by atoms with Crippen LogP contribution in [0.25, 0.3) is 0 Å². The summed E-state index contributed by atoms with van der Waals surface area (Å²) in [5.41, 5.74) is 2.47. The van der Waals surface area contributed by atoms with Gasteiger partial charge >= 0.3 is 11.9 Å². The molecule has 6 nitrogen and oxygen atoms in total. The summed E-state index contributed by atoms with van der Waals surface area (Å²) < 4.78 is 1.40. The van der Waals surface area contributed by atoms with Gasteiger partial charge in [0.2, 0.25) is 0 Å². The fourth-order valence-corrected chi connectivity index (χ4v) is 5.53. The Kier molecular flexibility index (Phi) is 10.4. The van der Waals surface area contributed by atoms with Crippen LogP contribution in [0.1, 0.15) is 45.7 Å². The first-order valence-electron chi connectivity index (χ1n) is 9.81. The summed E-state index contributed by atoms with van der Waals surface area (Å²) in [6.07, 6.45) is 0. The number of benzene rings is 2. The molecule has 0 amide bonds. The average molecular weight is 509 g/mol. The van der Waals surface area contributed by atoms with Crippen molar-refractivity contribution in [3.8, 4) is 0 Å². The van der Waals surface area contributed by atoms with Crippen molar-refractivity contribution in [2.24, 2.45) is 0 Å². The van der Waals surface area contributed by atoms with Gasteiger partial charge in [-0.2, -0.15) is 0 Å². The third-order valence-corrected chi connectivity index (χ3v) is 8.34. The van der Waals surface area contributed by atoms with E-state index < -0.39 is 11.9 Å². The maximum atomic E-state index is 11.0. The van der Waals surface area contributed by atoms with Crippen LogP contribution in [0.15, 0.2) is 48.5 Å². The van der Waals surface area contributed by atoms with Gasteiger partial charge < -0.3 is 20.0 Å². The minimum atomic E-state index is -0.946. The largest absolute Gasteiger partial charge is 0.478 e. The molecular formula is C22H24N2O4S4. The Balaban J connectivity index is 1.91. The molecule has 0 aliphatic heterocycles. The molecule has 170 valence electrons. The number of carbonyl (C=O) groups is 2. The molecule has 2 rings (SSSR count). The van der Waals surface area contributed by atoms with Crippen LogP contribution in [0.5, 0.6) is 0 Å². The highest BCUT2D eigenvalue weighted by Crippen LogP contribution is 2.29. The molecule has 2 aromatic carbocycles. The Hall–Kier alpha value is -2.14. The molecular weight excluding hydrogens is 485 g/mol. The number of hydrogen-bond acceptors (Lipinski definition) is 6. The highest BCUT2D eigenvalue weighted by atomic mass is 33.1. The molecule has 10 heteroatoms. The molecule has 0 fully saturated rings. The van der Waals surface area contributed by atoms with Gasteiger partial charge in [0.25, 0.3) is 0 Å². The van der Waals surface area contributed by atoms with Crippen molar-refractivity contribution in [3.05, 3.63) is 70.8 Å². The van der Waals surface area contributed by atoms with Crippen molar-refractivity contribution in [2.75, 3.05) is 13.1 Å². The van der Waals surface area contributed by atoms with E-state index in [1.54, 1.807) is 48.5 Å². The second kappa shape index (κ2) is 12.8. The van der Waals surface area contributed by atoms with Crippen LogP contribution in [-0.2, 0) is 13.1 Å². The first-order chi connectivity index (χ1) is 15.2. The molecule has 0 saturated carbocycles. The Labute approximate surface area is 206 Å². The maximum absolute atomic E-state index is 11.0. The first kappa shape index (κ1) is 26.1. The zero-order chi connectivity index (χ0) is 23.7. The molecule has 0 saturated heterocycles. The number of nitrogens with zero attached hydrogens (tertiary/aromatic N) is 2. The smallest absolute Gasteiger partial charge is 0.335 e. The highest BCUT2D eigenvalue weighted by Gasteiger charge is 2.15. The lowest BCUT2D eigenvalue weighted by atomic mass is 10.1. The van der Waals surface area contributed by atoms with Gasteiger partial charge in [-0.05, 0) is 70.8 Å². The van der Waals surface area contributed by atoms with Gasteiger partial charge in [0.15, 0.2) is 0 Å². The normalized spacial score (nSPS) is 10.4. The SMILES string of the molecule is CCN(Cc1ccc(C(=O)O)cc1)C(=S)SSC(=S)N(CC)Cc1ccc(C(=O)O)cc1. The zero-order valence-corrected chi connectivity index (χ0v) is 21.0.